The van der Waals surface area contributed by atoms with Crippen LogP contribution in [0.5, 0.6) is 0 Å². The van der Waals surface area contributed by atoms with E-state index in [0.29, 0.717) is 37.1 Å². The number of likely N-dealkylation sites (tertiary alicyclic amines) is 1. The summed E-state index contributed by atoms with van der Waals surface area (Å²) in [6.07, 6.45) is 4.49. The van der Waals surface area contributed by atoms with Gasteiger partial charge < -0.3 is 51.4 Å². The first-order valence-corrected chi connectivity index (χ1v) is 20.7. The molecule has 5 fully saturated rings. The summed E-state index contributed by atoms with van der Waals surface area (Å²) in [5.74, 6) is -5.92. The number of carbonyl (C=O) groups excluding carboxylic acids is 5. The molecule has 318 valence electrons. The quantitative estimate of drug-likeness (QED) is 0.0903. The van der Waals surface area contributed by atoms with Gasteiger partial charge in [-0.15, -0.1) is 0 Å². The minimum absolute atomic E-state index is 0.0363. The number of carbonyl (C=O) groups is 7. The molecule has 5 rings (SSSR count). The predicted octanol–water partition coefficient (Wildman–Crippen LogP) is 0.963. The van der Waals surface area contributed by atoms with Gasteiger partial charge in [0.25, 0.3) is 0 Å². The van der Waals surface area contributed by atoms with E-state index in [1.807, 2.05) is 0 Å². The molecular formula is C39H63BN6O11. The lowest BCUT2D eigenvalue weighted by Gasteiger charge is -2.35. The zero-order chi connectivity index (χ0) is 42.1. The highest BCUT2D eigenvalue weighted by atomic mass is 16.7. The molecule has 0 aromatic carbocycles. The highest BCUT2D eigenvalue weighted by Gasteiger charge is 2.71. The maximum Gasteiger partial charge on any atom is 0.481 e. The lowest BCUT2D eigenvalue weighted by atomic mass is 9.73. The van der Waals surface area contributed by atoms with Gasteiger partial charge in [0, 0.05) is 13.0 Å². The smallest absolute Gasteiger partial charge is 0.481 e. The Kier molecular flexibility index (Phi) is 13.7. The molecule has 0 aromatic heterocycles. The van der Waals surface area contributed by atoms with E-state index >= 15 is 0 Å². The van der Waals surface area contributed by atoms with E-state index in [2.05, 4.69) is 42.0 Å². The van der Waals surface area contributed by atoms with Gasteiger partial charge in [-0.3, -0.25) is 33.6 Å². The Hall–Kier alpha value is -3.77. The van der Waals surface area contributed by atoms with E-state index in [4.69, 9.17) is 20.1 Å². The number of fused-ring (bicyclic) bond motifs is 5. The number of carboxylic acids is 2. The minimum atomic E-state index is -1.50. The molecule has 0 radical (unpaired) electrons. The molecule has 3 unspecified atom stereocenters. The second-order valence-corrected chi connectivity index (χ2v) is 18.4. The fourth-order valence-electron chi connectivity index (χ4n) is 9.84. The Morgan fingerprint density at radius 3 is 2.05 bits per heavy atom. The second kappa shape index (κ2) is 17.6. The molecule has 0 aromatic rings. The number of nitrogens with zero attached hydrogens (tertiary/aromatic N) is 1. The third-order valence-electron chi connectivity index (χ3n) is 13.2. The summed E-state index contributed by atoms with van der Waals surface area (Å²) in [6.45, 7) is 13.9. The van der Waals surface area contributed by atoms with E-state index in [1.165, 1.54) is 4.90 Å². The zero-order valence-electron chi connectivity index (χ0n) is 34.4. The molecule has 2 saturated heterocycles. The van der Waals surface area contributed by atoms with Crippen LogP contribution in [0.2, 0.25) is 0 Å². The first-order valence-electron chi connectivity index (χ1n) is 20.7. The molecule has 2 heterocycles. The van der Waals surface area contributed by atoms with Crippen molar-refractivity contribution in [2.75, 3.05) is 6.54 Å². The Morgan fingerprint density at radius 1 is 0.825 bits per heavy atom. The van der Waals surface area contributed by atoms with Crippen molar-refractivity contribution < 1.29 is 53.1 Å². The molecule has 3 aliphatic carbocycles. The Balaban J connectivity index is 1.24. The SMILES string of the molecule is CC(C)[C@H](NC(=O)[C@H](CCC(=O)O)NC(=O)[C@@H](N)CC(=O)O)C(=O)N[C@H](C(=O)N1CCC[C@H]1C(=O)N[C@@H](CC1CC1)B1OC2C3CCC(C3(C)C)[C@]2(C)O1)C(C)C. The van der Waals surface area contributed by atoms with Gasteiger partial charge in [-0.2, -0.15) is 0 Å². The zero-order valence-corrected chi connectivity index (χ0v) is 34.4. The third-order valence-corrected chi connectivity index (χ3v) is 13.2. The molecule has 5 aliphatic rings. The predicted molar refractivity (Wildman–Crippen MR) is 207 cm³/mol. The lowest BCUT2D eigenvalue weighted by molar-refractivity contribution is -0.143. The van der Waals surface area contributed by atoms with Crippen molar-refractivity contribution in [3.63, 3.8) is 0 Å². The first-order chi connectivity index (χ1) is 26.6. The number of nitrogens with one attached hydrogen (secondary N) is 4. The number of hydrogen-bond acceptors (Lipinski definition) is 10. The van der Waals surface area contributed by atoms with Gasteiger partial charge in [-0.25, -0.2) is 0 Å². The van der Waals surface area contributed by atoms with E-state index in [1.54, 1.807) is 27.7 Å². The number of nitrogens with two attached hydrogens (primary N) is 1. The molecule has 17 nitrogen and oxygen atoms in total. The van der Waals surface area contributed by atoms with Crippen molar-refractivity contribution in [3.05, 3.63) is 0 Å². The van der Waals surface area contributed by atoms with Gasteiger partial charge in [0.1, 0.15) is 24.2 Å². The van der Waals surface area contributed by atoms with Crippen molar-refractivity contribution in [2.45, 2.75) is 161 Å². The number of rotatable bonds is 19. The van der Waals surface area contributed by atoms with Gasteiger partial charge in [-0.1, -0.05) is 54.4 Å². The van der Waals surface area contributed by atoms with E-state index in [0.717, 1.165) is 32.1 Å². The lowest BCUT2D eigenvalue weighted by Crippen LogP contribution is -2.61. The molecule has 8 N–H and O–H groups in total. The van der Waals surface area contributed by atoms with E-state index in [9.17, 15) is 38.7 Å². The Bertz CT molecular complexity index is 1570. The van der Waals surface area contributed by atoms with Crippen LogP contribution in [0, 0.1) is 35.0 Å². The van der Waals surface area contributed by atoms with Crippen molar-refractivity contribution in [3.8, 4) is 0 Å². The molecule has 0 spiro atoms. The molecular weight excluding hydrogens is 739 g/mol. The van der Waals surface area contributed by atoms with Crippen LogP contribution < -0.4 is 27.0 Å². The number of aliphatic carboxylic acids is 2. The van der Waals surface area contributed by atoms with Crippen molar-refractivity contribution in [2.24, 2.45) is 40.7 Å². The van der Waals surface area contributed by atoms with Crippen LogP contribution in [-0.4, -0.2) is 118 Å². The van der Waals surface area contributed by atoms with Gasteiger partial charge in [0.05, 0.1) is 30.1 Å². The molecule has 2 aliphatic heterocycles. The number of amides is 5. The standard InChI is InChI=1S/C39H63BN6O11/c1-19(2)30(44-34(52)24(13-15-28(47)48)42-33(51)23(41)18-29(49)50)36(54)45-31(20(3)4)37(55)46-16-8-9-25(46)35(53)43-27(17-21-10-11-21)40-56-32-22-12-14-26(38(22,5)6)39(32,7)57-40/h19-27,30-32H,8-18,41H2,1-7H3,(H,42,51)(H,43,53)(H,44,52)(H,45,54)(H,47,48)(H,49,50)/t22?,23-,24-,25-,26?,27-,30-,31-,32?,39-/m0/s1. The highest BCUT2D eigenvalue weighted by Crippen LogP contribution is 2.66. The monoisotopic (exact) mass is 802 g/mol. The highest BCUT2D eigenvalue weighted by molar-refractivity contribution is 6.48. The fraction of sp³-hybridized carbons (Fsp3) is 0.821. The van der Waals surface area contributed by atoms with Crippen LogP contribution in [0.15, 0.2) is 0 Å². The van der Waals surface area contributed by atoms with E-state index < -0.39 is 103 Å². The summed E-state index contributed by atoms with van der Waals surface area (Å²) in [4.78, 5) is 92.1. The summed E-state index contributed by atoms with van der Waals surface area (Å²) < 4.78 is 13.4. The maximum absolute atomic E-state index is 14.3. The average molecular weight is 803 g/mol. The van der Waals surface area contributed by atoms with Crippen molar-refractivity contribution >= 4 is 48.6 Å². The van der Waals surface area contributed by atoms with E-state index in [-0.39, 0.29) is 29.8 Å². The molecule has 18 heteroatoms. The van der Waals surface area contributed by atoms with Gasteiger partial charge in [0.2, 0.25) is 29.5 Å². The van der Waals surface area contributed by atoms with Crippen LogP contribution in [-0.2, 0) is 42.9 Å². The summed E-state index contributed by atoms with van der Waals surface area (Å²) in [5, 5.41) is 29.1. The topological polar surface area (TPSA) is 256 Å². The molecule has 5 amide bonds. The molecule has 3 saturated carbocycles. The van der Waals surface area contributed by atoms with Crippen molar-refractivity contribution in [1.29, 1.82) is 0 Å². The van der Waals surface area contributed by atoms with Crippen molar-refractivity contribution in [1.82, 2.24) is 26.2 Å². The fourth-order valence-corrected chi connectivity index (χ4v) is 9.84. The van der Waals surface area contributed by atoms with Gasteiger partial charge >= 0.3 is 19.1 Å². The maximum atomic E-state index is 14.3. The van der Waals surface area contributed by atoms with Crippen LogP contribution in [0.4, 0.5) is 0 Å². The largest absolute Gasteiger partial charge is 0.481 e. The summed E-state index contributed by atoms with van der Waals surface area (Å²) in [7, 11) is -0.585. The Morgan fingerprint density at radius 2 is 1.47 bits per heavy atom. The minimum Gasteiger partial charge on any atom is -0.481 e. The normalized spacial score (nSPS) is 28.7. The van der Waals surface area contributed by atoms with Crippen LogP contribution in [0.3, 0.4) is 0 Å². The molecule has 2 bridgehead atoms. The van der Waals surface area contributed by atoms with Crippen LogP contribution in [0.25, 0.3) is 0 Å². The van der Waals surface area contributed by atoms with Gasteiger partial charge in [-0.05, 0) is 80.5 Å². The Labute approximate surface area is 335 Å². The first kappa shape index (κ1) is 44.3. The molecule has 10 atom stereocenters. The van der Waals surface area contributed by atoms with Crippen LogP contribution >= 0.6 is 0 Å². The average Bonchev–Trinajstić information content (AvgIpc) is 3.45. The van der Waals surface area contributed by atoms with Crippen LogP contribution in [0.1, 0.15) is 113 Å². The number of carboxylic acid groups (broad SMARTS) is 2. The third kappa shape index (κ3) is 9.76. The summed E-state index contributed by atoms with van der Waals surface area (Å²) in [5.41, 5.74) is 5.35. The summed E-state index contributed by atoms with van der Waals surface area (Å²) >= 11 is 0. The number of hydrogen-bond donors (Lipinski definition) is 7. The second-order valence-electron chi connectivity index (χ2n) is 18.4. The molecule has 57 heavy (non-hydrogen) atoms. The van der Waals surface area contributed by atoms with Gasteiger partial charge in [0.15, 0.2) is 0 Å². The summed E-state index contributed by atoms with van der Waals surface area (Å²) in [6, 6.07) is -5.97.